The van der Waals surface area contributed by atoms with Gasteiger partial charge in [0, 0.05) is 72.5 Å². The number of nitrogens with one attached hydrogen (secondary N) is 2. The largest absolute Gasteiger partial charge is 0.507 e. The van der Waals surface area contributed by atoms with Crippen molar-refractivity contribution in [1.29, 1.82) is 0 Å². The van der Waals surface area contributed by atoms with E-state index in [4.69, 9.17) is 21.9 Å². The lowest BCUT2D eigenvalue weighted by molar-refractivity contribution is -0.116. The van der Waals surface area contributed by atoms with Crippen molar-refractivity contribution in [2.24, 2.45) is 23.1 Å². The number of aromatic hydroxyl groups is 1. The Morgan fingerprint density at radius 3 is 2.38 bits per heavy atom. The van der Waals surface area contributed by atoms with Gasteiger partial charge in [0.15, 0.2) is 0 Å². The summed E-state index contributed by atoms with van der Waals surface area (Å²) in [6.45, 7) is 9.17. The summed E-state index contributed by atoms with van der Waals surface area (Å²) in [4.78, 5) is 40.9. The number of allylic oxidation sites excluding steroid dienone is 1. The van der Waals surface area contributed by atoms with Crippen LogP contribution in [0.3, 0.4) is 0 Å². The Morgan fingerprint density at radius 2 is 1.70 bits per heavy atom. The Balaban J connectivity index is 0.000000228. The lowest BCUT2D eigenvalue weighted by Gasteiger charge is -2.37. The topological polar surface area (TPSA) is 197 Å². The van der Waals surface area contributed by atoms with E-state index in [0.717, 1.165) is 48.1 Å². The number of anilines is 1. The van der Waals surface area contributed by atoms with E-state index in [2.05, 4.69) is 46.2 Å². The molecule has 2 atom stereocenters. The summed E-state index contributed by atoms with van der Waals surface area (Å²) >= 11 is 0. The number of fused-ring (bicyclic) bond motifs is 1. The van der Waals surface area contributed by atoms with Gasteiger partial charge in [0.25, 0.3) is 11.8 Å². The first kappa shape index (κ1) is 46.4. The van der Waals surface area contributed by atoms with E-state index < -0.39 is 24.3 Å². The predicted molar refractivity (Wildman–Crippen MR) is 242 cm³/mol. The van der Waals surface area contributed by atoms with Gasteiger partial charge in [0.1, 0.15) is 17.7 Å². The van der Waals surface area contributed by atoms with Crippen molar-refractivity contribution in [3.63, 3.8) is 0 Å². The molecule has 3 fully saturated rings. The summed E-state index contributed by atoms with van der Waals surface area (Å²) in [7, 11) is 2.17. The molecule has 0 saturated carbocycles. The molecule has 3 aromatic carbocycles. The van der Waals surface area contributed by atoms with E-state index in [0.29, 0.717) is 67.8 Å². The Kier molecular flexibility index (Phi) is 15.0. The van der Waals surface area contributed by atoms with Crippen molar-refractivity contribution in [2.45, 2.75) is 64.5 Å². The van der Waals surface area contributed by atoms with Gasteiger partial charge in [-0.05, 0) is 113 Å². The van der Waals surface area contributed by atoms with Crippen LogP contribution in [0, 0.1) is 19.8 Å². The number of likely N-dealkylation sites (tertiary alicyclic amines) is 2. The Labute approximate surface area is 367 Å². The first-order valence-corrected chi connectivity index (χ1v) is 21.5. The highest BCUT2D eigenvalue weighted by molar-refractivity contribution is 6.02. The van der Waals surface area contributed by atoms with Crippen molar-refractivity contribution < 1.29 is 33.0 Å². The third kappa shape index (κ3) is 11.1. The molecule has 4 aromatic rings. The molecule has 0 aliphatic carbocycles. The molecule has 4 heterocycles. The monoisotopic (exact) mass is 869 g/mol. The number of hydrogen-bond acceptors (Lipinski definition) is 10. The number of nitrogens with two attached hydrogens (primary N) is 3. The number of amides is 3. The second-order valence-electron chi connectivity index (χ2n) is 16.8. The molecule has 9 N–H and O–H groups in total. The number of para-hydroxylation sites is 1. The highest BCUT2D eigenvalue weighted by Gasteiger charge is 2.43. The number of aromatic nitrogens is 1. The van der Waals surface area contributed by atoms with Gasteiger partial charge in [0.05, 0.1) is 30.1 Å². The first-order valence-electron chi connectivity index (χ1n) is 21.5. The average molecular weight is 870 g/mol. The number of piperidine rings is 2. The molecular weight excluding hydrogens is 809 g/mol. The summed E-state index contributed by atoms with van der Waals surface area (Å²) in [5.41, 5.74) is 24.9. The van der Waals surface area contributed by atoms with Gasteiger partial charge in [-0.3, -0.25) is 14.4 Å². The molecule has 7 rings (SSSR count). The van der Waals surface area contributed by atoms with Gasteiger partial charge in [-0.2, -0.15) is 0 Å². The SMILES string of the molecule is Cc1cc(C(=O)N2CCC(C)C(F)(F)C2)ccc1C1CN(C(/C=C(\N)c2ccccc2O)=C(N)N)CCO1.Cc1cc2c(NC(=O)CCNC=O)cccc2n1C1CCN(C)CC1. The van der Waals surface area contributed by atoms with E-state index in [9.17, 15) is 28.3 Å². The molecule has 2 unspecified atom stereocenters. The Morgan fingerprint density at radius 1 is 0.952 bits per heavy atom. The fraction of sp³-hybridized carbons (Fsp3) is 0.426. The average Bonchev–Trinajstić information content (AvgIpc) is 3.60. The molecule has 16 heteroatoms. The minimum atomic E-state index is -2.89. The smallest absolute Gasteiger partial charge is 0.267 e. The quantitative estimate of drug-likeness (QED) is 0.0630. The van der Waals surface area contributed by atoms with Crippen LogP contribution in [0.2, 0.25) is 0 Å². The van der Waals surface area contributed by atoms with Crippen molar-refractivity contribution in [3.05, 3.63) is 112 Å². The van der Waals surface area contributed by atoms with E-state index >= 15 is 0 Å². The number of morpholine rings is 1. The fourth-order valence-electron chi connectivity index (χ4n) is 8.62. The highest BCUT2D eigenvalue weighted by Crippen LogP contribution is 2.35. The minimum absolute atomic E-state index is 0.0455. The second kappa shape index (κ2) is 20.4. The third-order valence-corrected chi connectivity index (χ3v) is 12.3. The van der Waals surface area contributed by atoms with Gasteiger partial charge in [-0.15, -0.1) is 0 Å². The first-order chi connectivity index (χ1) is 30.1. The van der Waals surface area contributed by atoms with Crippen molar-refractivity contribution in [1.82, 2.24) is 24.6 Å². The van der Waals surface area contributed by atoms with Crippen LogP contribution in [-0.2, 0) is 14.3 Å². The molecule has 0 bridgehead atoms. The second-order valence-corrected chi connectivity index (χ2v) is 16.8. The van der Waals surface area contributed by atoms with E-state index in [1.807, 2.05) is 30.0 Å². The number of benzene rings is 3. The molecule has 14 nitrogen and oxygen atoms in total. The molecule has 3 aliphatic rings. The number of phenols is 1. The Hall–Kier alpha value is -6.13. The molecule has 3 aliphatic heterocycles. The van der Waals surface area contributed by atoms with E-state index in [1.54, 1.807) is 42.5 Å². The lowest BCUT2D eigenvalue weighted by Crippen LogP contribution is -2.49. The van der Waals surface area contributed by atoms with Gasteiger partial charge < -0.3 is 56.9 Å². The van der Waals surface area contributed by atoms with Crippen LogP contribution in [0.15, 0.2) is 84.3 Å². The molecule has 0 radical (unpaired) electrons. The number of hydrogen-bond donors (Lipinski definition) is 6. The van der Waals surface area contributed by atoms with Gasteiger partial charge in [-0.1, -0.05) is 31.2 Å². The normalized spacial score (nSPS) is 19.5. The fourth-order valence-corrected chi connectivity index (χ4v) is 8.62. The maximum atomic E-state index is 14.2. The minimum Gasteiger partial charge on any atom is -0.507 e. The van der Waals surface area contributed by atoms with Gasteiger partial charge in [-0.25, -0.2) is 8.78 Å². The maximum absolute atomic E-state index is 14.2. The number of ether oxygens (including phenoxy) is 1. The zero-order valence-electron chi connectivity index (χ0n) is 36.6. The molecule has 3 saturated heterocycles. The lowest BCUT2D eigenvalue weighted by atomic mass is 9.94. The summed E-state index contributed by atoms with van der Waals surface area (Å²) < 4.78 is 36.9. The highest BCUT2D eigenvalue weighted by atomic mass is 19.3. The zero-order valence-corrected chi connectivity index (χ0v) is 36.6. The number of alkyl halides is 2. The predicted octanol–water partition coefficient (Wildman–Crippen LogP) is 5.57. The van der Waals surface area contributed by atoms with Crippen LogP contribution < -0.4 is 27.8 Å². The standard InChI is InChI=1S/C28H35F2N5O3.C19H26N4O2/c1-17-13-19(27(37)35-10-9-18(2)28(29,30)16-35)7-8-20(17)25-15-34(11-12-38-25)23(26(32)33)14-22(31)21-5-3-4-6-24(21)36;1-14-12-16-17(21-19(25)6-9-20-13-24)4-3-5-18(16)23(14)15-7-10-22(2)11-8-15/h3-8,13-14,18,25,36H,9-12,15-16,31-33H2,1-2H3;3-5,12-13,15H,6-11H2,1-2H3,(H,20,24)(H,21,25)/b22-14-;. The van der Waals surface area contributed by atoms with Crippen LogP contribution in [-0.4, -0.2) is 108 Å². The number of carbonyl (C=O) groups excluding carboxylic acids is 3. The van der Waals surface area contributed by atoms with E-state index in [-0.39, 0.29) is 36.4 Å². The maximum Gasteiger partial charge on any atom is 0.267 e. The molecule has 0 spiro atoms. The number of phenolic OH excluding ortho intramolecular Hbond substituents is 1. The van der Waals surface area contributed by atoms with Crippen LogP contribution in [0.25, 0.3) is 16.6 Å². The van der Waals surface area contributed by atoms with Crippen molar-refractivity contribution in [2.75, 3.05) is 64.8 Å². The summed E-state index contributed by atoms with van der Waals surface area (Å²) in [6.07, 6.45) is 4.73. The molecule has 1 aromatic heterocycles. The number of aryl methyl sites for hydroxylation is 2. The number of rotatable bonds is 11. The number of carbonyl (C=O) groups is 3. The summed E-state index contributed by atoms with van der Waals surface area (Å²) in [5.74, 6) is -4.00. The van der Waals surface area contributed by atoms with Crippen LogP contribution in [0.1, 0.15) is 77.5 Å². The van der Waals surface area contributed by atoms with Gasteiger partial charge >= 0.3 is 0 Å². The van der Waals surface area contributed by atoms with Crippen LogP contribution >= 0.6 is 0 Å². The summed E-state index contributed by atoms with van der Waals surface area (Å²) in [5, 5.41) is 16.7. The van der Waals surface area contributed by atoms with E-state index in [1.165, 1.54) is 23.0 Å². The van der Waals surface area contributed by atoms with Gasteiger partial charge in [0.2, 0.25) is 12.3 Å². The summed E-state index contributed by atoms with van der Waals surface area (Å²) in [6, 6.07) is 20.6. The number of halogens is 2. The third-order valence-electron chi connectivity index (χ3n) is 12.3. The zero-order chi connectivity index (χ0) is 45.4. The van der Waals surface area contributed by atoms with Crippen LogP contribution in [0.5, 0.6) is 5.75 Å². The molecule has 63 heavy (non-hydrogen) atoms. The Bertz CT molecular complexity index is 2330. The number of nitrogens with zero attached hydrogens (tertiary/aromatic N) is 4. The van der Waals surface area contributed by atoms with Crippen molar-refractivity contribution in [3.8, 4) is 5.75 Å². The molecule has 338 valence electrons. The molecular formula is C47H61F2N9O5. The van der Waals surface area contributed by atoms with Crippen LogP contribution in [0.4, 0.5) is 14.5 Å². The molecule has 3 amide bonds. The van der Waals surface area contributed by atoms with Crippen molar-refractivity contribution >= 4 is 40.5 Å².